The smallest absolute Gasteiger partial charge is 0.213 e. The molecule has 6 heteroatoms. The van der Waals surface area contributed by atoms with Gasteiger partial charge in [0.05, 0.1) is 19.3 Å². The number of ether oxygens (including phenoxy) is 3. The van der Waals surface area contributed by atoms with Crippen molar-refractivity contribution in [3.05, 3.63) is 10.1 Å². The first-order chi connectivity index (χ1) is 11.2. The minimum absolute atomic E-state index is 0.0934. The molecule has 0 N–H and O–H groups in total. The van der Waals surface area contributed by atoms with Crippen molar-refractivity contribution in [2.45, 2.75) is 63.4 Å². The van der Waals surface area contributed by atoms with Crippen molar-refractivity contribution < 1.29 is 19.1 Å². The second-order valence-electron chi connectivity index (χ2n) is 7.60. The van der Waals surface area contributed by atoms with Crippen LogP contribution in [0.15, 0.2) is 0 Å². The molecule has 0 bridgehead atoms. The minimum atomic E-state index is -0.570. The summed E-state index contributed by atoms with van der Waals surface area (Å²) in [7, 11) is 0. The lowest BCUT2D eigenvalue weighted by molar-refractivity contribution is -0.530. The summed E-state index contributed by atoms with van der Waals surface area (Å²) in [5, 5.41) is 11.3. The number of hydrogen-bond donors (Lipinski definition) is 0. The molecule has 23 heavy (non-hydrogen) atoms. The number of nitrogens with zero attached hydrogens (tertiary/aromatic N) is 1. The van der Waals surface area contributed by atoms with E-state index in [2.05, 4.69) is 0 Å². The van der Waals surface area contributed by atoms with Crippen LogP contribution < -0.4 is 0 Å². The fraction of sp³-hybridized carbons (Fsp3) is 1.00. The molecule has 6 unspecified atom stereocenters. The molecule has 0 amide bonds. The van der Waals surface area contributed by atoms with Crippen LogP contribution in [0.1, 0.15) is 45.4 Å². The van der Waals surface area contributed by atoms with Crippen molar-refractivity contribution in [3.8, 4) is 0 Å². The molecule has 130 valence electrons. The number of hydrogen-bond acceptors (Lipinski definition) is 5. The number of rotatable bonds is 3. The summed E-state index contributed by atoms with van der Waals surface area (Å²) in [6.45, 7) is 4.03. The molecule has 1 aliphatic heterocycles. The molecule has 6 nitrogen and oxygen atoms in total. The Bertz CT molecular complexity index is 464. The minimum Gasteiger partial charge on any atom is -0.378 e. The van der Waals surface area contributed by atoms with Gasteiger partial charge in [-0.3, -0.25) is 10.1 Å². The third-order valence-corrected chi connectivity index (χ3v) is 6.75. The highest BCUT2D eigenvalue weighted by molar-refractivity contribution is 5.08. The lowest BCUT2D eigenvalue weighted by atomic mass is 9.72. The first-order valence-electron chi connectivity index (χ1n) is 9.18. The third-order valence-electron chi connectivity index (χ3n) is 6.75. The Kier molecular flexibility index (Phi) is 4.10. The molecule has 6 atom stereocenters. The topological polar surface area (TPSA) is 70.8 Å². The van der Waals surface area contributed by atoms with Crippen LogP contribution in [0, 0.1) is 33.8 Å². The molecule has 3 saturated carbocycles. The van der Waals surface area contributed by atoms with Crippen LogP contribution in [0.5, 0.6) is 0 Å². The van der Waals surface area contributed by atoms with E-state index in [-0.39, 0.29) is 16.9 Å². The Labute approximate surface area is 137 Å². The first kappa shape index (κ1) is 15.8. The van der Waals surface area contributed by atoms with Gasteiger partial charge in [0.15, 0.2) is 5.79 Å². The van der Waals surface area contributed by atoms with Crippen LogP contribution in [0.3, 0.4) is 0 Å². The zero-order valence-corrected chi connectivity index (χ0v) is 13.8. The fourth-order valence-electron chi connectivity index (χ4n) is 6.00. The van der Waals surface area contributed by atoms with Crippen molar-refractivity contribution in [3.63, 3.8) is 0 Å². The van der Waals surface area contributed by atoms with E-state index in [0.29, 0.717) is 43.8 Å². The van der Waals surface area contributed by atoms with E-state index in [1.807, 2.05) is 6.92 Å². The largest absolute Gasteiger partial charge is 0.378 e. The summed E-state index contributed by atoms with van der Waals surface area (Å²) in [5.74, 6) is 1.07. The fourth-order valence-corrected chi connectivity index (χ4v) is 6.00. The maximum Gasteiger partial charge on any atom is 0.213 e. The quantitative estimate of drug-likeness (QED) is 0.589. The van der Waals surface area contributed by atoms with E-state index >= 15 is 0 Å². The standard InChI is InChI=1S/C17H27NO5/c1-2-21-12-4-6-14-13-5-3-11(18(19)20)9-15(13)17(16(14)10-12)22-7-8-23-17/h11-16H,2-10H2,1H3. The van der Waals surface area contributed by atoms with Crippen molar-refractivity contribution >= 4 is 0 Å². The molecule has 1 saturated heterocycles. The molecule has 0 radical (unpaired) electrons. The molecule has 3 aliphatic carbocycles. The van der Waals surface area contributed by atoms with Gasteiger partial charge in [0.1, 0.15) is 0 Å². The van der Waals surface area contributed by atoms with Crippen molar-refractivity contribution in [2.75, 3.05) is 19.8 Å². The Hall–Kier alpha value is -0.720. The average Bonchev–Trinajstić information content (AvgIpc) is 3.14. The summed E-state index contributed by atoms with van der Waals surface area (Å²) < 4.78 is 18.3. The van der Waals surface area contributed by atoms with Gasteiger partial charge in [-0.25, -0.2) is 0 Å². The molecule has 4 aliphatic rings. The van der Waals surface area contributed by atoms with Crippen molar-refractivity contribution in [2.24, 2.45) is 23.7 Å². The van der Waals surface area contributed by atoms with Gasteiger partial charge in [-0.2, -0.15) is 0 Å². The van der Waals surface area contributed by atoms with Crippen LogP contribution >= 0.6 is 0 Å². The number of nitro groups is 1. The normalized spacial score (nSPS) is 44.9. The lowest BCUT2D eigenvalue weighted by Crippen LogP contribution is -2.47. The van der Waals surface area contributed by atoms with Crippen molar-refractivity contribution in [1.29, 1.82) is 0 Å². The summed E-state index contributed by atoms with van der Waals surface area (Å²) in [6, 6.07) is -0.427. The second-order valence-corrected chi connectivity index (χ2v) is 7.60. The van der Waals surface area contributed by atoms with Crippen LogP contribution in [0.2, 0.25) is 0 Å². The highest BCUT2D eigenvalue weighted by atomic mass is 16.7. The van der Waals surface area contributed by atoms with Gasteiger partial charge in [0.2, 0.25) is 6.04 Å². The van der Waals surface area contributed by atoms with Gasteiger partial charge in [0, 0.05) is 36.2 Å². The zero-order chi connectivity index (χ0) is 16.0. The summed E-state index contributed by atoms with van der Waals surface area (Å²) in [6.07, 6.45) is 5.80. The Morgan fingerprint density at radius 1 is 1.09 bits per heavy atom. The van der Waals surface area contributed by atoms with E-state index < -0.39 is 11.8 Å². The number of fused-ring (bicyclic) bond motifs is 5. The summed E-state index contributed by atoms with van der Waals surface area (Å²) in [5.41, 5.74) is 0. The average molecular weight is 325 g/mol. The molecule has 4 rings (SSSR count). The van der Waals surface area contributed by atoms with Crippen LogP contribution in [0.4, 0.5) is 0 Å². The first-order valence-corrected chi connectivity index (χ1v) is 9.18. The molecule has 0 aromatic heterocycles. The molecular weight excluding hydrogens is 298 g/mol. The van der Waals surface area contributed by atoms with E-state index in [0.717, 1.165) is 32.3 Å². The van der Waals surface area contributed by atoms with E-state index in [1.54, 1.807) is 0 Å². The SMILES string of the molecule is CCOC1CCC2C3CCC([N+](=O)[O-])CC3C3(OCCO3)C2C1. The van der Waals surface area contributed by atoms with Crippen LogP contribution in [0.25, 0.3) is 0 Å². The van der Waals surface area contributed by atoms with Gasteiger partial charge in [-0.1, -0.05) is 0 Å². The monoisotopic (exact) mass is 325 g/mol. The molecule has 4 fully saturated rings. The zero-order valence-electron chi connectivity index (χ0n) is 13.8. The summed E-state index contributed by atoms with van der Waals surface area (Å²) in [4.78, 5) is 11.2. The molecule has 1 spiro atoms. The highest BCUT2D eigenvalue weighted by Crippen LogP contribution is 2.62. The van der Waals surface area contributed by atoms with E-state index in [9.17, 15) is 10.1 Å². The summed E-state index contributed by atoms with van der Waals surface area (Å²) >= 11 is 0. The predicted molar refractivity (Wildman–Crippen MR) is 82.5 cm³/mol. The third kappa shape index (κ3) is 2.41. The van der Waals surface area contributed by atoms with Gasteiger partial charge in [0.25, 0.3) is 0 Å². The molecule has 0 aromatic carbocycles. The predicted octanol–water partition coefficient (Wildman–Crippen LogP) is 2.63. The van der Waals surface area contributed by atoms with Crippen LogP contribution in [-0.4, -0.2) is 42.7 Å². The van der Waals surface area contributed by atoms with Gasteiger partial charge < -0.3 is 14.2 Å². The van der Waals surface area contributed by atoms with Crippen LogP contribution in [-0.2, 0) is 14.2 Å². The van der Waals surface area contributed by atoms with Crippen molar-refractivity contribution in [1.82, 2.24) is 0 Å². The Morgan fingerprint density at radius 2 is 1.74 bits per heavy atom. The second kappa shape index (κ2) is 5.97. The molecular formula is C17H27NO5. The highest BCUT2D eigenvalue weighted by Gasteiger charge is 2.66. The van der Waals surface area contributed by atoms with E-state index in [4.69, 9.17) is 14.2 Å². The Balaban J connectivity index is 1.61. The van der Waals surface area contributed by atoms with Gasteiger partial charge >= 0.3 is 0 Å². The Morgan fingerprint density at radius 3 is 2.39 bits per heavy atom. The molecule has 1 heterocycles. The van der Waals surface area contributed by atoms with Gasteiger partial charge in [-0.05, 0) is 44.4 Å². The maximum atomic E-state index is 11.3. The maximum absolute atomic E-state index is 11.3. The lowest BCUT2D eigenvalue weighted by Gasteiger charge is -2.40. The van der Waals surface area contributed by atoms with E-state index in [1.165, 1.54) is 0 Å². The molecule has 0 aromatic rings. The van der Waals surface area contributed by atoms with Gasteiger partial charge in [-0.15, -0.1) is 0 Å².